The number of methoxy groups -OCH3 is 2. The molecule has 0 aliphatic rings. The molecule has 0 bridgehead atoms. The van der Waals surface area contributed by atoms with Gasteiger partial charge in [-0.2, -0.15) is 10.2 Å². The van der Waals surface area contributed by atoms with Gasteiger partial charge in [0.25, 0.3) is 0 Å². The zero-order chi connectivity index (χ0) is 13.7. The third-order valence-electron chi connectivity index (χ3n) is 2.57. The second kappa shape index (κ2) is 5.86. The lowest BCUT2D eigenvalue weighted by atomic mass is 10.2. The summed E-state index contributed by atoms with van der Waals surface area (Å²) in [6.07, 6.45) is 0. The highest BCUT2D eigenvalue weighted by atomic mass is 16.5. The SMILES string of the molecule is COc1ccc(N=Nc2ccc(OC)c(N)c2)cc1. The number of nitrogens with two attached hydrogens (primary N) is 1. The van der Waals surface area contributed by atoms with E-state index in [9.17, 15) is 0 Å². The van der Waals surface area contributed by atoms with Crippen molar-refractivity contribution in [3.8, 4) is 11.5 Å². The van der Waals surface area contributed by atoms with Gasteiger partial charge in [-0.25, -0.2) is 0 Å². The Hall–Kier alpha value is -2.56. The van der Waals surface area contributed by atoms with Gasteiger partial charge in [-0.15, -0.1) is 0 Å². The van der Waals surface area contributed by atoms with E-state index in [1.807, 2.05) is 24.3 Å². The molecule has 0 amide bonds. The molecule has 0 aliphatic heterocycles. The molecule has 2 aromatic rings. The lowest BCUT2D eigenvalue weighted by molar-refractivity contribution is 0.415. The molecule has 0 saturated carbocycles. The number of ether oxygens (including phenoxy) is 2. The molecule has 0 aromatic heterocycles. The van der Waals surface area contributed by atoms with Crippen molar-refractivity contribution >= 4 is 17.1 Å². The second-order valence-corrected chi connectivity index (χ2v) is 3.82. The quantitative estimate of drug-likeness (QED) is 0.670. The fourth-order valence-corrected chi connectivity index (χ4v) is 1.55. The molecule has 0 saturated heterocycles. The first-order valence-corrected chi connectivity index (χ1v) is 5.72. The van der Waals surface area contributed by atoms with Crippen molar-refractivity contribution < 1.29 is 9.47 Å². The molecule has 0 fully saturated rings. The molecule has 0 unspecified atom stereocenters. The Morgan fingerprint density at radius 2 is 1.47 bits per heavy atom. The van der Waals surface area contributed by atoms with Crippen LogP contribution in [0.1, 0.15) is 0 Å². The van der Waals surface area contributed by atoms with Crippen LogP contribution in [0, 0.1) is 0 Å². The Balaban J connectivity index is 2.15. The van der Waals surface area contributed by atoms with Gasteiger partial charge in [0, 0.05) is 0 Å². The van der Waals surface area contributed by atoms with Crippen molar-refractivity contribution in [1.82, 2.24) is 0 Å². The van der Waals surface area contributed by atoms with Crippen molar-refractivity contribution in [1.29, 1.82) is 0 Å². The van der Waals surface area contributed by atoms with Crippen LogP contribution in [0.3, 0.4) is 0 Å². The monoisotopic (exact) mass is 257 g/mol. The predicted octanol–water partition coefficient (Wildman–Crippen LogP) is 3.70. The smallest absolute Gasteiger partial charge is 0.141 e. The fourth-order valence-electron chi connectivity index (χ4n) is 1.55. The van der Waals surface area contributed by atoms with E-state index in [4.69, 9.17) is 15.2 Å². The zero-order valence-electron chi connectivity index (χ0n) is 10.8. The summed E-state index contributed by atoms with van der Waals surface area (Å²) in [5.74, 6) is 1.41. The van der Waals surface area contributed by atoms with Gasteiger partial charge in [-0.1, -0.05) is 0 Å². The Labute approximate surface area is 111 Å². The largest absolute Gasteiger partial charge is 0.497 e. The van der Waals surface area contributed by atoms with Crippen LogP contribution in [0.25, 0.3) is 0 Å². The molecule has 0 heterocycles. The molecule has 2 aromatic carbocycles. The minimum atomic E-state index is 0.536. The second-order valence-electron chi connectivity index (χ2n) is 3.82. The average Bonchev–Trinajstić information content (AvgIpc) is 2.46. The van der Waals surface area contributed by atoms with Gasteiger partial charge >= 0.3 is 0 Å². The molecular weight excluding hydrogens is 242 g/mol. The van der Waals surface area contributed by atoms with Crippen molar-refractivity contribution in [3.05, 3.63) is 42.5 Å². The fraction of sp³-hybridized carbons (Fsp3) is 0.143. The predicted molar refractivity (Wildman–Crippen MR) is 74.6 cm³/mol. The first-order valence-electron chi connectivity index (χ1n) is 5.72. The van der Waals surface area contributed by atoms with Crippen LogP contribution in [0.15, 0.2) is 52.7 Å². The first kappa shape index (κ1) is 12.9. The number of benzene rings is 2. The van der Waals surface area contributed by atoms with Gasteiger partial charge in [0.1, 0.15) is 11.5 Å². The Kier molecular flexibility index (Phi) is 3.97. The molecular formula is C14H15N3O2. The van der Waals surface area contributed by atoms with Gasteiger partial charge in [-0.05, 0) is 42.5 Å². The van der Waals surface area contributed by atoms with Crippen LogP contribution < -0.4 is 15.2 Å². The summed E-state index contributed by atoms with van der Waals surface area (Å²) in [6.45, 7) is 0. The molecule has 2 rings (SSSR count). The van der Waals surface area contributed by atoms with E-state index < -0.39 is 0 Å². The molecule has 5 heteroatoms. The highest BCUT2D eigenvalue weighted by molar-refractivity contribution is 5.60. The van der Waals surface area contributed by atoms with Crippen LogP contribution in [-0.2, 0) is 0 Å². The summed E-state index contributed by atoms with van der Waals surface area (Å²) < 4.78 is 10.1. The van der Waals surface area contributed by atoms with E-state index in [2.05, 4.69) is 10.2 Å². The summed E-state index contributed by atoms with van der Waals surface area (Å²) in [5, 5.41) is 8.24. The molecule has 0 aliphatic carbocycles. The maximum absolute atomic E-state index is 5.80. The molecule has 0 radical (unpaired) electrons. The molecule has 98 valence electrons. The van der Waals surface area contributed by atoms with Gasteiger partial charge in [0.2, 0.25) is 0 Å². The number of anilines is 1. The van der Waals surface area contributed by atoms with E-state index in [1.54, 1.807) is 32.4 Å². The van der Waals surface area contributed by atoms with Crippen molar-refractivity contribution in [3.63, 3.8) is 0 Å². The standard InChI is InChI=1S/C14H15N3O2/c1-18-12-6-3-10(4-7-12)16-17-11-5-8-14(19-2)13(15)9-11/h3-9H,15H2,1-2H3. The molecule has 0 atom stereocenters. The van der Waals surface area contributed by atoms with Crippen molar-refractivity contribution in [2.24, 2.45) is 10.2 Å². The molecule has 0 spiro atoms. The van der Waals surface area contributed by atoms with Crippen LogP contribution in [-0.4, -0.2) is 14.2 Å². The molecule has 19 heavy (non-hydrogen) atoms. The van der Waals surface area contributed by atoms with E-state index in [0.717, 1.165) is 11.4 Å². The highest BCUT2D eigenvalue weighted by Crippen LogP contribution is 2.27. The van der Waals surface area contributed by atoms with Crippen LogP contribution in [0.4, 0.5) is 17.1 Å². The summed E-state index contributed by atoms with van der Waals surface area (Å²) in [4.78, 5) is 0. The van der Waals surface area contributed by atoms with Gasteiger partial charge in [0.05, 0.1) is 31.3 Å². The zero-order valence-corrected chi connectivity index (χ0v) is 10.8. The minimum Gasteiger partial charge on any atom is -0.497 e. The maximum Gasteiger partial charge on any atom is 0.141 e. The van der Waals surface area contributed by atoms with E-state index in [1.165, 1.54) is 0 Å². The molecule has 2 N–H and O–H groups in total. The Bertz CT molecular complexity index is 580. The lowest BCUT2D eigenvalue weighted by Gasteiger charge is -2.03. The lowest BCUT2D eigenvalue weighted by Crippen LogP contribution is -1.90. The van der Waals surface area contributed by atoms with Crippen LogP contribution in [0.2, 0.25) is 0 Å². The number of nitrogen functional groups attached to an aromatic ring is 1. The van der Waals surface area contributed by atoms with Crippen molar-refractivity contribution in [2.45, 2.75) is 0 Å². The van der Waals surface area contributed by atoms with Crippen LogP contribution in [0.5, 0.6) is 11.5 Å². The third-order valence-corrected chi connectivity index (χ3v) is 2.57. The van der Waals surface area contributed by atoms with Crippen molar-refractivity contribution in [2.75, 3.05) is 20.0 Å². The Morgan fingerprint density at radius 3 is 2.05 bits per heavy atom. The molecule has 5 nitrogen and oxygen atoms in total. The number of hydrogen-bond donors (Lipinski definition) is 1. The van der Waals surface area contributed by atoms with Gasteiger partial charge < -0.3 is 15.2 Å². The minimum absolute atomic E-state index is 0.536. The summed E-state index contributed by atoms with van der Waals surface area (Å²) in [6, 6.07) is 12.6. The maximum atomic E-state index is 5.80. The van der Waals surface area contributed by atoms with E-state index >= 15 is 0 Å². The Morgan fingerprint density at radius 1 is 0.842 bits per heavy atom. The number of nitrogens with zero attached hydrogens (tertiary/aromatic N) is 2. The van der Waals surface area contributed by atoms with Gasteiger partial charge in [0.15, 0.2) is 0 Å². The topological polar surface area (TPSA) is 69.2 Å². The number of azo groups is 1. The first-order chi connectivity index (χ1) is 9.22. The third kappa shape index (κ3) is 3.22. The van der Waals surface area contributed by atoms with E-state index in [0.29, 0.717) is 17.1 Å². The number of hydrogen-bond acceptors (Lipinski definition) is 5. The average molecular weight is 257 g/mol. The van der Waals surface area contributed by atoms with Gasteiger partial charge in [-0.3, -0.25) is 0 Å². The highest BCUT2D eigenvalue weighted by Gasteiger charge is 1.99. The summed E-state index contributed by atoms with van der Waals surface area (Å²) in [5.41, 5.74) is 7.75. The number of rotatable bonds is 4. The van der Waals surface area contributed by atoms with Crippen LogP contribution >= 0.6 is 0 Å². The summed E-state index contributed by atoms with van der Waals surface area (Å²) in [7, 11) is 3.20. The normalized spacial score (nSPS) is 10.6. The van der Waals surface area contributed by atoms with E-state index in [-0.39, 0.29) is 0 Å². The summed E-state index contributed by atoms with van der Waals surface area (Å²) >= 11 is 0.